The van der Waals surface area contributed by atoms with Crippen LogP contribution in [0.4, 0.5) is 0 Å². The van der Waals surface area contributed by atoms with Gasteiger partial charge in [0.25, 0.3) is 0 Å². The van der Waals surface area contributed by atoms with E-state index in [9.17, 15) is 0 Å². The number of hydrogen-bond acceptors (Lipinski definition) is 2. The van der Waals surface area contributed by atoms with Gasteiger partial charge in [0.1, 0.15) is 6.17 Å². The third kappa shape index (κ3) is 2.25. The highest BCUT2D eigenvalue weighted by Crippen LogP contribution is 2.19. The Balaban J connectivity index is 2.64. The molecule has 0 radical (unpaired) electrons. The van der Waals surface area contributed by atoms with E-state index in [-0.39, 0.29) is 0 Å². The lowest BCUT2D eigenvalue weighted by atomic mass is 10.1. The van der Waals surface area contributed by atoms with Gasteiger partial charge in [-0.1, -0.05) is 5.57 Å². The Morgan fingerprint density at radius 1 is 1.67 bits per heavy atom. The fraction of sp³-hybridized carbons (Fsp3) is 0.778. The van der Waals surface area contributed by atoms with Crippen LogP contribution in [-0.2, 0) is 0 Å². The van der Waals surface area contributed by atoms with Crippen molar-refractivity contribution in [2.45, 2.75) is 19.5 Å². The molecule has 0 aliphatic carbocycles. The van der Waals surface area contributed by atoms with E-state index in [0.717, 1.165) is 23.3 Å². The van der Waals surface area contributed by atoms with Crippen LogP contribution in [0.3, 0.4) is 0 Å². The Labute approximate surface area is 80.6 Å². The van der Waals surface area contributed by atoms with E-state index in [1.165, 1.54) is 5.57 Å². The van der Waals surface area contributed by atoms with Gasteiger partial charge < -0.3 is 4.48 Å². The summed E-state index contributed by atoms with van der Waals surface area (Å²) in [6, 6.07) is 0. The van der Waals surface area contributed by atoms with E-state index >= 15 is 0 Å². The number of hydrogen-bond donors (Lipinski definition) is 2. The second kappa shape index (κ2) is 3.81. The zero-order chi connectivity index (χ0) is 9.19. The van der Waals surface area contributed by atoms with E-state index in [4.69, 9.17) is 0 Å². The smallest absolute Gasteiger partial charge is 0.147 e. The van der Waals surface area contributed by atoms with Crippen LogP contribution in [0.5, 0.6) is 0 Å². The molecule has 0 aromatic carbocycles. The minimum Gasteiger partial charge on any atom is -0.310 e. The Hall–Kier alpha value is 0.0100. The van der Waals surface area contributed by atoms with Crippen LogP contribution < -0.4 is 5.32 Å². The number of rotatable bonds is 2. The molecule has 0 fully saturated rings. The third-order valence-corrected chi connectivity index (χ3v) is 2.78. The molecule has 3 heteroatoms. The molecule has 1 rings (SSSR count). The molecule has 1 heterocycles. The summed E-state index contributed by atoms with van der Waals surface area (Å²) in [5.74, 6) is 0.764. The monoisotopic (exact) mass is 187 g/mol. The number of quaternary nitrogens is 1. The summed E-state index contributed by atoms with van der Waals surface area (Å²) in [6.45, 7) is 3.32. The molecule has 0 spiro atoms. The summed E-state index contributed by atoms with van der Waals surface area (Å²) in [5.41, 5.74) is 1.49. The number of likely N-dealkylation sites (N-methyl/N-ethyl adjacent to an activating group) is 1. The second-order valence-corrected chi connectivity index (χ2v) is 4.41. The highest BCUT2D eigenvalue weighted by atomic mass is 32.1. The van der Waals surface area contributed by atoms with Crippen LogP contribution in [0.25, 0.3) is 0 Å². The molecular weight excluding hydrogens is 168 g/mol. The molecule has 1 aliphatic rings. The van der Waals surface area contributed by atoms with Crippen molar-refractivity contribution in [1.82, 2.24) is 5.32 Å². The average molecular weight is 187 g/mol. The van der Waals surface area contributed by atoms with Gasteiger partial charge in [-0.25, -0.2) is 0 Å². The quantitative estimate of drug-likeness (QED) is 0.287. The molecule has 1 N–H and O–H groups in total. The standard InChI is InChI=1S/C9H18N2S/c1-8-4-5-11(2,3)9(6-8)10-7-12/h4,9-10H,5-7H2,1-3H3/p+1. The van der Waals surface area contributed by atoms with Crippen molar-refractivity contribution in [2.75, 3.05) is 26.5 Å². The van der Waals surface area contributed by atoms with E-state index < -0.39 is 0 Å². The van der Waals surface area contributed by atoms with E-state index in [1.54, 1.807) is 0 Å². The van der Waals surface area contributed by atoms with Crippen molar-refractivity contribution >= 4 is 12.6 Å². The number of thiol groups is 1. The van der Waals surface area contributed by atoms with Gasteiger partial charge in [0.2, 0.25) is 0 Å². The summed E-state index contributed by atoms with van der Waals surface area (Å²) in [4.78, 5) is 0. The van der Waals surface area contributed by atoms with Crippen LogP contribution in [0.15, 0.2) is 11.6 Å². The molecule has 0 saturated carbocycles. The lowest BCUT2D eigenvalue weighted by Gasteiger charge is -2.40. The van der Waals surface area contributed by atoms with Crippen LogP contribution in [0.2, 0.25) is 0 Å². The van der Waals surface area contributed by atoms with Crippen molar-refractivity contribution in [2.24, 2.45) is 0 Å². The Morgan fingerprint density at radius 3 is 2.92 bits per heavy atom. The molecule has 2 nitrogen and oxygen atoms in total. The summed E-state index contributed by atoms with van der Waals surface area (Å²) < 4.78 is 1.03. The molecule has 0 aromatic rings. The molecule has 1 atom stereocenters. The Kier molecular flexibility index (Phi) is 3.21. The zero-order valence-corrected chi connectivity index (χ0v) is 9.06. The maximum absolute atomic E-state index is 4.20. The fourth-order valence-corrected chi connectivity index (χ4v) is 1.79. The SMILES string of the molecule is CC1=CC[N+](C)(C)C(NCS)C1. The Bertz CT molecular complexity index is 187. The third-order valence-electron chi connectivity index (χ3n) is 2.60. The fourth-order valence-electron chi connectivity index (χ4n) is 1.58. The maximum Gasteiger partial charge on any atom is 0.147 e. The summed E-state index contributed by atoms with van der Waals surface area (Å²) in [6.07, 6.45) is 4.01. The molecule has 1 unspecified atom stereocenters. The molecule has 12 heavy (non-hydrogen) atoms. The first-order chi connectivity index (χ1) is 5.56. The molecule has 0 amide bonds. The molecule has 1 aliphatic heterocycles. The summed E-state index contributed by atoms with van der Waals surface area (Å²) in [7, 11) is 4.51. The van der Waals surface area contributed by atoms with Gasteiger partial charge >= 0.3 is 0 Å². The lowest BCUT2D eigenvalue weighted by Crippen LogP contribution is -2.57. The molecular formula is C9H19N2S+. The summed E-state index contributed by atoms with van der Waals surface area (Å²) >= 11 is 4.20. The average Bonchev–Trinajstić information content (AvgIpc) is 1.98. The van der Waals surface area contributed by atoms with Gasteiger partial charge in [-0.05, 0) is 13.0 Å². The van der Waals surface area contributed by atoms with E-state index in [1.807, 2.05) is 0 Å². The number of nitrogens with zero attached hydrogens (tertiary/aromatic N) is 1. The first kappa shape index (κ1) is 10.1. The van der Waals surface area contributed by atoms with Gasteiger partial charge in [-0.3, -0.25) is 5.32 Å². The van der Waals surface area contributed by atoms with E-state index in [0.29, 0.717) is 6.17 Å². The van der Waals surface area contributed by atoms with Crippen molar-refractivity contribution in [3.05, 3.63) is 11.6 Å². The topological polar surface area (TPSA) is 12.0 Å². The zero-order valence-electron chi connectivity index (χ0n) is 8.17. The minimum absolute atomic E-state index is 0.535. The first-order valence-corrected chi connectivity index (χ1v) is 5.02. The van der Waals surface area contributed by atoms with E-state index in [2.05, 4.69) is 45.0 Å². The van der Waals surface area contributed by atoms with Crippen LogP contribution in [-0.4, -0.2) is 37.2 Å². The maximum atomic E-state index is 4.20. The van der Waals surface area contributed by atoms with Gasteiger partial charge in [0, 0.05) is 12.3 Å². The molecule has 70 valence electrons. The largest absolute Gasteiger partial charge is 0.310 e. The highest BCUT2D eigenvalue weighted by molar-refractivity contribution is 7.80. The minimum atomic E-state index is 0.535. The number of nitrogens with one attached hydrogen (secondary N) is 1. The van der Waals surface area contributed by atoms with Gasteiger partial charge in [-0.15, -0.1) is 0 Å². The summed E-state index contributed by atoms with van der Waals surface area (Å²) in [5, 5.41) is 3.40. The van der Waals surface area contributed by atoms with Crippen LogP contribution in [0.1, 0.15) is 13.3 Å². The normalized spacial score (nSPS) is 28.3. The van der Waals surface area contributed by atoms with Gasteiger partial charge in [0.15, 0.2) is 0 Å². The van der Waals surface area contributed by atoms with Crippen LogP contribution >= 0.6 is 12.6 Å². The predicted molar refractivity (Wildman–Crippen MR) is 56.1 cm³/mol. The predicted octanol–water partition coefficient (Wildman–Crippen LogP) is 1.22. The van der Waals surface area contributed by atoms with Crippen molar-refractivity contribution in [3.8, 4) is 0 Å². The van der Waals surface area contributed by atoms with Crippen molar-refractivity contribution in [1.29, 1.82) is 0 Å². The second-order valence-electron chi connectivity index (χ2n) is 4.09. The lowest BCUT2D eigenvalue weighted by molar-refractivity contribution is -0.914. The van der Waals surface area contributed by atoms with Crippen LogP contribution in [0, 0.1) is 0 Å². The molecule has 0 aromatic heterocycles. The highest BCUT2D eigenvalue weighted by Gasteiger charge is 2.29. The van der Waals surface area contributed by atoms with Crippen molar-refractivity contribution < 1.29 is 4.48 Å². The van der Waals surface area contributed by atoms with Gasteiger partial charge in [0.05, 0.1) is 20.6 Å². The van der Waals surface area contributed by atoms with Gasteiger partial charge in [-0.2, -0.15) is 12.6 Å². The molecule has 0 saturated heterocycles. The molecule has 0 bridgehead atoms. The Morgan fingerprint density at radius 2 is 2.33 bits per heavy atom. The first-order valence-electron chi connectivity index (χ1n) is 4.39. The van der Waals surface area contributed by atoms with Crippen molar-refractivity contribution in [3.63, 3.8) is 0 Å².